The quantitative estimate of drug-likeness (QED) is 0.229. The Morgan fingerprint density at radius 3 is 2.29 bits per heavy atom. The molecule has 0 unspecified atom stereocenters. The third-order valence-electron chi connectivity index (χ3n) is 4.75. The zero-order valence-electron chi connectivity index (χ0n) is 18.7. The van der Waals surface area contributed by atoms with Crippen LogP contribution >= 0.6 is 0 Å². The van der Waals surface area contributed by atoms with E-state index in [2.05, 4.69) is 5.32 Å². The highest BCUT2D eigenvalue weighted by Gasteiger charge is 2.15. The average Bonchev–Trinajstić information content (AvgIpc) is 2.87. The molecule has 9 nitrogen and oxygen atoms in total. The first kappa shape index (κ1) is 24.5. The zero-order chi connectivity index (χ0) is 25.4. The van der Waals surface area contributed by atoms with Crippen molar-refractivity contribution in [1.82, 2.24) is 0 Å². The second kappa shape index (κ2) is 11.2. The van der Waals surface area contributed by atoms with Gasteiger partial charge in [-0.1, -0.05) is 18.2 Å². The number of anilines is 1. The highest BCUT2D eigenvalue weighted by molar-refractivity contribution is 6.10. The molecule has 1 amide bonds. The molecule has 0 atom stereocenters. The van der Waals surface area contributed by atoms with Crippen molar-refractivity contribution in [2.75, 3.05) is 19.5 Å². The molecule has 3 aromatic carbocycles. The minimum atomic E-state index is -1.40. The van der Waals surface area contributed by atoms with Gasteiger partial charge < -0.3 is 29.4 Å². The number of hydrogen-bond acceptors (Lipinski definition) is 8. The van der Waals surface area contributed by atoms with Gasteiger partial charge in [-0.3, -0.25) is 4.79 Å². The molecule has 35 heavy (non-hydrogen) atoms. The van der Waals surface area contributed by atoms with E-state index >= 15 is 0 Å². The van der Waals surface area contributed by atoms with Crippen molar-refractivity contribution in [1.29, 1.82) is 5.26 Å². The first-order valence-corrected chi connectivity index (χ1v) is 10.1. The van der Waals surface area contributed by atoms with Gasteiger partial charge in [0.2, 0.25) is 0 Å². The van der Waals surface area contributed by atoms with E-state index in [1.807, 2.05) is 0 Å². The molecule has 0 aliphatic heterocycles. The Bertz CT molecular complexity index is 1340. The summed E-state index contributed by atoms with van der Waals surface area (Å²) < 4.78 is 15.8. The fourth-order valence-corrected chi connectivity index (χ4v) is 2.99. The highest BCUT2D eigenvalue weighted by atomic mass is 16.6. The number of aromatic carboxylic acids is 1. The maximum atomic E-state index is 12.6. The van der Waals surface area contributed by atoms with Gasteiger partial charge in [0.05, 0.1) is 25.8 Å². The molecule has 176 valence electrons. The van der Waals surface area contributed by atoms with Gasteiger partial charge in [-0.2, -0.15) is 5.26 Å². The second-order valence-corrected chi connectivity index (χ2v) is 7.02. The SMILES string of the molecule is COc1ccc(C(=O)Oc2cc(/C=C(\C#N)C(=O)Nc3cccc(C(=O)[O-])c3)ccc2OC)cc1. The van der Waals surface area contributed by atoms with Crippen LogP contribution in [-0.4, -0.2) is 32.1 Å². The number of esters is 1. The molecule has 0 radical (unpaired) electrons. The van der Waals surface area contributed by atoms with E-state index in [4.69, 9.17) is 14.2 Å². The molecule has 3 rings (SSSR count). The van der Waals surface area contributed by atoms with Crippen LogP contribution in [0.1, 0.15) is 26.3 Å². The third kappa shape index (κ3) is 6.24. The minimum absolute atomic E-state index is 0.0847. The number of ether oxygens (including phenoxy) is 3. The first-order chi connectivity index (χ1) is 16.8. The average molecular weight is 471 g/mol. The normalized spacial score (nSPS) is 10.6. The number of rotatable bonds is 8. The van der Waals surface area contributed by atoms with Crippen molar-refractivity contribution < 1.29 is 33.7 Å². The van der Waals surface area contributed by atoms with Gasteiger partial charge in [-0.05, 0) is 65.7 Å². The summed E-state index contributed by atoms with van der Waals surface area (Å²) in [5, 5.41) is 23.0. The van der Waals surface area contributed by atoms with Crippen LogP contribution in [0.3, 0.4) is 0 Å². The Hall–Kier alpha value is -5.10. The van der Waals surface area contributed by atoms with Crippen LogP contribution in [0, 0.1) is 11.3 Å². The van der Waals surface area contributed by atoms with Crippen LogP contribution in [0.4, 0.5) is 5.69 Å². The Morgan fingerprint density at radius 1 is 0.914 bits per heavy atom. The number of nitrogens with zero attached hydrogens (tertiary/aromatic N) is 1. The van der Waals surface area contributed by atoms with Gasteiger partial charge in [0.25, 0.3) is 5.91 Å². The highest BCUT2D eigenvalue weighted by Crippen LogP contribution is 2.30. The summed E-state index contributed by atoms with van der Waals surface area (Å²) in [6.07, 6.45) is 1.29. The largest absolute Gasteiger partial charge is 0.545 e. The summed E-state index contributed by atoms with van der Waals surface area (Å²) in [5.41, 5.74) is 0.468. The van der Waals surface area contributed by atoms with Crippen LogP contribution in [0.2, 0.25) is 0 Å². The van der Waals surface area contributed by atoms with E-state index < -0.39 is 17.8 Å². The van der Waals surface area contributed by atoms with E-state index in [0.29, 0.717) is 11.3 Å². The molecule has 0 aliphatic carbocycles. The summed E-state index contributed by atoms with van der Waals surface area (Å²) in [6, 6.07) is 18.1. The lowest BCUT2D eigenvalue weighted by Gasteiger charge is -2.11. The Balaban J connectivity index is 1.83. The number of nitriles is 1. The zero-order valence-corrected chi connectivity index (χ0v) is 18.7. The van der Waals surface area contributed by atoms with Crippen LogP contribution < -0.4 is 24.6 Å². The molecule has 0 aliphatic rings. The second-order valence-electron chi connectivity index (χ2n) is 7.02. The molecule has 0 saturated heterocycles. The number of carbonyl (C=O) groups is 3. The number of carboxylic acids is 1. The molecule has 0 heterocycles. The minimum Gasteiger partial charge on any atom is -0.545 e. The summed E-state index contributed by atoms with van der Waals surface area (Å²) in [5.74, 6) is -1.85. The molecule has 0 spiro atoms. The first-order valence-electron chi connectivity index (χ1n) is 10.1. The Kier molecular flexibility index (Phi) is 7.82. The molecule has 0 bridgehead atoms. The fourth-order valence-electron chi connectivity index (χ4n) is 2.99. The molecular weight excluding hydrogens is 452 g/mol. The smallest absolute Gasteiger partial charge is 0.343 e. The van der Waals surface area contributed by atoms with Crippen LogP contribution in [-0.2, 0) is 4.79 Å². The molecule has 0 aromatic heterocycles. The van der Waals surface area contributed by atoms with Crippen molar-refractivity contribution >= 4 is 29.6 Å². The standard InChI is InChI=1S/C26H20N2O7/c1-33-21-9-7-17(8-10-21)26(32)35-23-13-16(6-11-22(23)34-2)12-19(15-27)24(29)28-20-5-3-4-18(14-20)25(30)31/h3-14H,1-2H3,(H,28,29)(H,30,31)/p-1/b19-12+. The van der Waals surface area contributed by atoms with Gasteiger partial charge >= 0.3 is 5.97 Å². The predicted octanol–water partition coefficient (Wildman–Crippen LogP) is 2.83. The van der Waals surface area contributed by atoms with Crippen molar-refractivity contribution in [2.45, 2.75) is 0 Å². The fraction of sp³-hybridized carbons (Fsp3) is 0.0769. The number of nitrogens with one attached hydrogen (secondary N) is 1. The summed E-state index contributed by atoms with van der Waals surface area (Å²) in [4.78, 5) is 36.1. The molecule has 0 saturated carbocycles. The monoisotopic (exact) mass is 471 g/mol. The van der Waals surface area contributed by atoms with Gasteiger partial charge in [0.1, 0.15) is 17.4 Å². The summed E-state index contributed by atoms with van der Waals surface area (Å²) in [7, 11) is 2.92. The summed E-state index contributed by atoms with van der Waals surface area (Å²) in [6.45, 7) is 0. The van der Waals surface area contributed by atoms with Gasteiger partial charge in [-0.25, -0.2) is 4.79 Å². The lowest BCUT2D eigenvalue weighted by atomic mass is 10.1. The molecule has 9 heteroatoms. The van der Waals surface area contributed by atoms with Crippen LogP contribution in [0.5, 0.6) is 17.2 Å². The molecule has 1 N–H and O–H groups in total. The number of amides is 1. The van der Waals surface area contributed by atoms with Crippen LogP contribution in [0.15, 0.2) is 72.3 Å². The molecular formula is C26H19N2O7-. The van der Waals surface area contributed by atoms with Gasteiger partial charge in [0.15, 0.2) is 11.5 Å². The predicted molar refractivity (Wildman–Crippen MR) is 124 cm³/mol. The maximum absolute atomic E-state index is 12.6. The summed E-state index contributed by atoms with van der Waals surface area (Å²) >= 11 is 0. The number of methoxy groups -OCH3 is 2. The van der Waals surface area contributed by atoms with E-state index in [1.54, 1.807) is 36.4 Å². The lowest BCUT2D eigenvalue weighted by Crippen LogP contribution is -2.22. The van der Waals surface area contributed by atoms with E-state index in [1.165, 1.54) is 56.7 Å². The van der Waals surface area contributed by atoms with E-state index in [0.717, 1.165) is 0 Å². The lowest BCUT2D eigenvalue weighted by molar-refractivity contribution is -0.255. The maximum Gasteiger partial charge on any atom is 0.343 e. The Labute approximate surface area is 200 Å². The third-order valence-corrected chi connectivity index (χ3v) is 4.75. The van der Waals surface area contributed by atoms with Gasteiger partial charge in [0, 0.05) is 5.69 Å². The van der Waals surface area contributed by atoms with Crippen molar-refractivity contribution in [3.05, 3.63) is 89.0 Å². The molecule has 3 aromatic rings. The number of carbonyl (C=O) groups excluding carboxylic acids is 3. The van der Waals surface area contributed by atoms with E-state index in [9.17, 15) is 24.8 Å². The number of hydrogen-bond donors (Lipinski definition) is 1. The Morgan fingerprint density at radius 2 is 1.66 bits per heavy atom. The van der Waals surface area contributed by atoms with Gasteiger partial charge in [-0.15, -0.1) is 0 Å². The number of carboxylic acid groups (broad SMARTS) is 1. The van der Waals surface area contributed by atoms with Crippen molar-refractivity contribution in [2.24, 2.45) is 0 Å². The van der Waals surface area contributed by atoms with Crippen molar-refractivity contribution in [3.63, 3.8) is 0 Å². The van der Waals surface area contributed by atoms with E-state index in [-0.39, 0.29) is 33.9 Å². The number of benzene rings is 3. The topological polar surface area (TPSA) is 138 Å². The van der Waals surface area contributed by atoms with Crippen LogP contribution in [0.25, 0.3) is 6.08 Å². The molecule has 0 fully saturated rings. The van der Waals surface area contributed by atoms with Crippen molar-refractivity contribution in [3.8, 4) is 23.3 Å².